The van der Waals surface area contributed by atoms with E-state index in [1.54, 1.807) is 12.1 Å². The van der Waals surface area contributed by atoms with Crippen LogP contribution in [-0.2, 0) is 27.7 Å². The predicted molar refractivity (Wildman–Crippen MR) is 123 cm³/mol. The third kappa shape index (κ3) is 5.26. The van der Waals surface area contributed by atoms with Gasteiger partial charge in [-0.15, -0.1) is 0 Å². The van der Waals surface area contributed by atoms with Crippen LogP contribution in [0.5, 0.6) is 0 Å². The van der Waals surface area contributed by atoms with Crippen molar-refractivity contribution >= 4 is 21.7 Å². The maximum absolute atomic E-state index is 12.5. The number of sulfonamides is 1. The number of para-hydroxylation sites is 1. The van der Waals surface area contributed by atoms with Gasteiger partial charge in [0.25, 0.3) is 0 Å². The second kappa shape index (κ2) is 9.80. The van der Waals surface area contributed by atoms with Crippen LogP contribution in [-0.4, -0.2) is 46.7 Å². The monoisotopic (exact) mass is 442 g/mol. The van der Waals surface area contributed by atoms with Crippen molar-refractivity contribution < 1.29 is 13.2 Å². The standard InChI is InChI=1S/C23H30N4O3S/c1-2-24-23(27-14-13-19-6-3-4-8-22(19)27)25-16-18-9-11-21(12-10-18)31(28,29)26-17-20-7-5-15-30-20/h3-4,6,8-12,20,26H,2,5,7,13-17H2,1H3,(H,24,25). The molecule has 2 aromatic rings. The highest BCUT2D eigenvalue weighted by Gasteiger charge is 2.23. The molecule has 1 unspecified atom stereocenters. The van der Waals surface area contributed by atoms with Crippen molar-refractivity contribution in [2.75, 3.05) is 31.1 Å². The summed E-state index contributed by atoms with van der Waals surface area (Å²) in [7, 11) is -3.54. The fourth-order valence-corrected chi connectivity index (χ4v) is 5.05. The Morgan fingerprint density at radius 2 is 2.00 bits per heavy atom. The van der Waals surface area contributed by atoms with Crippen LogP contribution in [0.15, 0.2) is 58.4 Å². The summed E-state index contributed by atoms with van der Waals surface area (Å²) in [6.07, 6.45) is 2.87. The Kier molecular flexibility index (Phi) is 6.89. The first-order valence-corrected chi connectivity index (χ1v) is 12.4. The molecule has 1 saturated heterocycles. The largest absolute Gasteiger partial charge is 0.377 e. The molecule has 0 aromatic heterocycles. The molecule has 0 aliphatic carbocycles. The van der Waals surface area contributed by atoms with Crippen LogP contribution in [0, 0.1) is 0 Å². The van der Waals surface area contributed by atoms with Gasteiger partial charge >= 0.3 is 0 Å². The number of guanidine groups is 1. The number of nitrogens with zero attached hydrogens (tertiary/aromatic N) is 2. The van der Waals surface area contributed by atoms with E-state index in [0.29, 0.717) is 19.7 Å². The van der Waals surface area contributed by atoms with Gasteiger partial charge in [0.05, 0.1) is 17.5 Å². The van der Waals surface area contributed by atoms with Crippen LogP contribution in [0.3, 0.4) is 0 Å². The molecule has 2 heterocycles. The lowest BCUT2D eigenvalue weighted by atomic mass is 10.2. The number of hydrogen-bond acceptors (Lipinski definition) is 4. The summed E-state index contributed by atoms with van der Waals surface area (Å²) < 4.78 is 33.2. The average Bonchev–Trinajstić information content (AvgIpc) is 3.46. The third-order valence-electron chi connectivity index (χ3n) is 5.65. The Balaban J connectivity index is 1.42. The fourth-order valence-electron chi connectivity index (χ4n) is 3.98. The van der Waals surface area contributed by atoms with Gasteiger partial charge < -0.3 is 15.0 Å². The van der Waals surface area contributed by atoms with Gasteiger partial charge in [-0.1, -0.05) is 30.3 Å². The SMILES string of the molecule is CCNC(=NCc1ccc(S(=O)(=O)NCC2CCCO2)cc1)N1CCc2ccccc21. The highest BCUT2D eigenvalue weighted by molar-refractivity contribution is 7.89. The molecule has 0 radical (unpaired) electrons. The van der Waals surface area contributed by atoms with Gasteiger partial charge in [-0.2, -0.15) is 0 Å². The lowest BCUT2D eigenvalue weighted by Gasteiger charge is -2.22. The first-order valence-electron chi connectivity index (χ1n) is 10.9. The number of ether oxygens (including phenoxy) is 1. The zero-order valence-corrected chi connectivity index (χ0v) is 18.7. The van der Waals surface area contributed by atoms with Crippen LogP contribution in [0.1, 0.15) is 30.9 Å². The summed E-state index contributed by atoms with van der Waals surface area (Å²) in [4.78, 5) is 7.27. The first kappa shape index (κ1) is 21.8. The number of aliphatic imine (C=N–C) groups is 1. The fraction of sp³-hybridized carbons (Fsp3) is 0.435. The Morgan fingerprint density at radius 3 is 2.74 bits per heavy atom. The molecule has 7 nitrogen and oxygen atoms in total. The lowest BCUT2D eigenvalue weighted by Crippen LogP contribution is -2.40. The molecule has 2 N–H and O–H groups in total. The molecular weight excluding hydrogens is 412 g/mol. The second-order valence-corrected chi connectivity index (χ2v) is 9.60. The molecule has 0 amide bonds. The first-order chi connectivity index (χ1) is 15.1. The minimum atomic E-state index is -3.54. The molecule has 0 bridgehead atoms. The summed E-state index contributed by atoms with van der Waals surface area (Å²) in [6, 6.07) is 15.3. The molecule has 2 aliphatic heterocycles. The molecule has 2 aromatic carbocycles. The molecule has 2 aliphatic rings. The van der Waals surface area contributed by atoms with E-state index in [9.17, 15) is 8.42 Å². The number of hydrogen-bond donors (Lipinski definition) is 2. The van der Waals surface area contributed by atoms with E-state index in [-0.39, 0.29) is 11.0 Å². The smallest absolute Gasteiger partial charge is 0.240 e. The molecule has 8 heteroatoms. The minimum absolute atomic E-state index is 0.0245. The topological polar surface area (TPSA) is 83.0 Å². The molecular formula is C23H30N4O3S. The number of anilines is 1. The van der Waals surface area contributed by atoms with Gasteiger partial charge in [0.2, 0.25) is 10.0 Å². The van der Waals surface area contributed by atoms with E-state index in [4.69, 9.17) is 9.73 Å². The maximum atomic E-state index is 12.5. The van der Waals surface area contributed by atoms with Crippen LogP contribution in [0.25, 0.3) is 0 Å². The van der Waals surface area contributed by atoms with E-state index in [1.807, 2.05) is 18.2 Å². The van der Waals surface area contributed by atoms with E-state index >= 15 is 0 Å². The Labute approximate surface area is 184 Å². The normalized spacial score (nSPS) is 18.9. The molecule has 31 heavy (non-hydrogen) atoms. The summed E-state index contributed by atoms with van der Waals surface area (Å²) in [5, 5.41) is 3.37. The molecule has 4 rings (SSSR count). The van der Waals surface area contributed by atoms with Gasteiger partial charge in [0, 0.05) is 31.9 Å². The summed E-state index contributed by atoms with van der Waals surface area (Å²) >= 11 is 0. The van der Waals surface area contributed by atoms with Crippen molar-refractivity contribution in [1.29, 1.82) is 0 Å². The highest BCUT2D eigenvalue weighted by atomic mass is 32.2. The van der Waals surface area contributed by atoms with E-state index in [1.165, 1.54) is 11.3 Å². The molecule has 1 fully saturated rings. The quantitative estimate of drug-likeness (QED) is 0.509. The lowest BCUT2D eigenvalue weighted by molar-refractivity contribution is 0.114. The van der Waals surface area contributed by atoms with Gasteiger partial charge in [0.15, 0.2) is 5.96 Å². The number of benzene rings is 2. The maximum Gasteiger partial charge on any atom is 0.240 e. The van der Waals surface area contributed by atoms with Crippen molar-refractivity contribution in [2.24, 2.45) is 4.99 Å². The zero-order chi connectivity index (χ0) is 21.7. The number of fused-ring (bicyclic) bond motifs is 1. The summed E-state index contributed by atoms with van der Waals surface area (Å²) in [5.41, 5.74) is 3.49. The van der Waals surface area contributed by atoms with E-state index < -0.39 is 10.0 Å². The van der Waals surface area contributed by atoms with Crippen LogP contribution in [0.2, 0.25) is 0 Å². The molecule has 166 valence electrons. The van der Waals surface area contributed by atoms with E-state index in [0.717, 1.165) is 43.9 Å². The Morgan fingerprint density at radius 1 is 1.19 bits per heavy atom. The van der Waals surface area contributed by atoms with Crippen molar-refractivity contribution in [1.82, 2.24) is 10.0 Å². The highest BCUT2D eigenvalue weighted by Crippen LogP contribution is 2.27. The van der Waals surface area contributed by atoms with Gasteiger partial charge in [-0.3, -0.25) is 0 Å². The van der Waals surface area contributed by atoms with Crippen LogP contribution < -0.4 is 14.9 Å². The Bertz CT molecular complexity index is 1020. The van der Waals surface area contributed by atoms with Crippen molar-refractivity contribution in [2.45, 2.75) is 43.7 Å². The minimum Gasteiger partial charge on any atom is -0.377 e. The van der Waals surface area contributed by atoms with E-state index in [2.05, 4.69) is 40.1 Å². The zero-order valence-electron chi connectivity index (χ0n) is 17.9. The average molecular weight is 443 g/mol. The van der Waals surface area contributed by atoms with Crippen molar-refractivity contribution in [3.63, 3.8) is 0 Å². The summed E-state index contributed by atoms with van der Waals surface area (Å²) in [5.74, 6) is 0.849. The van der Waals surface area contributed by atoms with Crippen LogP contribution in [0.4, 0.5) is 5.69 Å². The second-order valence-electron chi connectivity index (χ2n) is 7.83. The molecule has 0 saturated carbocycles. The summed E-state index contributed by atoms with van der Waals surface area (Å²) in [6.45, 7) is 5.24. The van der Waals surface area contributed by atoms with Crippen molar-refractivity contribution in [3.8, 4) is 0 Å². The third-order valence-corrected chi connectivity index (χ3v) is 7.09. The van der Waals surface area contributed by atoms with Gasteiger partial charge in [0.1, 0.15) is 0 Å². The molecule has 1 atom stereocenters. The number of nitrogens with one attached hydrogen (secondary N) is 2. The van der Waals surface area contributed by atoms with Gasteiger partial charge in [-0.05, 0) is 55.5 Å². The molecule has 0 spiro atoms. The van der Waals surface area contributed by atoms with Crippen molar-refractivity contribution in [3.05, 3.63) is 59.7 Å². The Hall–Kier alpha value is -2.42. The predicted octanol–water partition coefficient (Wildman–Crippen LogP) is 2.67. The van der Waals surface area contributed by atoms with Gasteiger partial charge in [-0.25, -0.2) is 18.1 Å². The number of rotatable bonds is 7. The van der Waals surface area contributed by atoms with Crippen LogP contribution >= 0.6 is 0 Å².